The molecule has 0 saturated heterocycles. The van der Waals surface area contributed by atoms with Crippen molar-refractivity contribution in [3.05, 3.63) is 63.8 Å². The minimum Gasteiger partial charge on any atom is -0.466 e. The number of amides is 1. The van der Waals surface area contributed by atoms with E-state index in [1.54, 1.807) is 25.1 Å². The predicted octanol–water partition coefficient (Wildman–Crippen LogP) is 2.05. The maximum absolute atomic E-state index is 13.0. The molecule has 0 bridgehead atoms. The normalized spacial score (nSPS) is 10.3. The van der Waals surface area contributed by atoms with Gasteiger partial charge in [-0.2, -0.15) is 0 Å². The molecule has 1 heterocycles. The maximum atomic E-state index is 13.0. The molecule has 0 radical (unpaired) electrons. The van der Waals surface area contributed by atoms with Crippen LogP contribution < -0.4 is 10.6 Å². The molecule has 1 aromatic carbocycles. The van der Waals surface area contributed by atoms with Gasteiger partial charge in [0.15, 0.2) is 0 Å². The number of anilines is 1. The molecule has 9 nitrogen and oxygen atoms in total. The second kappa shape index (κ2) is 9.39. The first-order chi connectivity index (χ1) is 13.0. The van der Waals surface area contributed by atoms with Gasteiger partial charge in [-0.25, -0.2) is 4.98 Å². The zero-order valence-corrected chi connectivity index (χ0v) is 14.8. The summed E-state index contributed by atoms with van der Waals surface area (Å²) >= 11 is 0. The molecule has 142 valence electrons. The first-order valence-electron chi connectivity index (χ1n) is 8.33. The van der Waals surface area contributed by atoms with Gasteiger partial charge in [0.05, 0.1) is 18.0 Å². The van der Waals surface area contributed by atoms with Crippen molar-refractivity contribution >= 4 is 23.4 Å². The first kappa shape index (κ1) is 20.0. The van der Waals surface area contributed by atoms with Crippen molar-refractivity contribution in [3.63, 3.8) is 0 Å². The topological polar surface area (TPSA) is 129 Å². The number of benzene rings is 1. The highest BCUT2D eigenvalue weighted by Gasteiger charge is 2.23. The molecule has 0 saturated carbocycles. The van der Waals surface area contributed by atoms with Gasteiger partial charge >= 0.3 is 5.97 Å². The molecule has 2 aromatic rings. The number of nitro benzene ring substituents is 1. The van der Waals surface area contributed by atoms with Crippen molar-refractivity contribution in [2.45, 2.75) is 19.9 Å². The molecule has 27 heavy (non-hydrogen) atoms. The summed E-state index contributed by atoms with van der Waals surface area (Å²) in [4.78, 5) is 40.7. The molecule has 0 fully saturated rings. The average Bonchev–Trinajstić information content (AvgIpc) is 2.68. The summed E-state index contributed by atoms with van der Waals surface area (Å²) in [6.45, 7) is 1.94. The number of pyridine rings is 1. The van der Waals surface area contributed by atoms with E-state index in [0.29, 0.717) is 11.4 Å². The molecule has 0 atom stereocenters. The Labute approximate surface area is 155 Å². The zero-order chi connectivity index (χ0) is 19.8. The van der Waals surface area contributed by atoms with Gasteiger partial charge in [0.2, 0.25) is 0 Å². The van der Waals surface area contributed by atoms with Gasteiger partial charge in [0.25, 0.3) is 11.6 Å². The third-order valence-electron chi connectivity index (χ3n) is 3.76. The minimum atomic E-state index is -0.581. The van der Waals surface area contributed by atoms with Gasteiger partial charge in [0, 0.05) is 36.5 Å². The molecule has 2 rings (SSSR count). The smallest absolute Gasteiger partial charge is 0.307 e. The van der Waals surface area contributed by atoms with E-state index >= 15 is 0 Å². The van der Waals surface area contributed by atoms with Crippen molar-refractivity contribution in [3.8, 4) is 0 Å². The number of rotatable bonds is 8. The lowest BCUT2D eigenvalue weighted by atomic mass is 10.1. The number of hydrogen-bond acceptors (Lipinski definition) is 7. The van der Waals surface area contributed by atoms with Crippen molar-refractivity contribution < 1.29 is 19.2 Å². The van der Waals surface area contributed by atoms with E-state index in [-0.39, 0.29) is 37.4 Å². The van der Waals surface area contributed by atoms with Gasteiger partial charge in [-0.1, -0.05) is 12.1 Å². The Bertz CT molecular complexity index is 826. The van der Waals surface area contributed by atoms with Crippen LogP contribution in [-0.4, -0.2) is 34.9 Å². The van der Waals surface area contributed by atoms with Gasteiger partial charge in [0.1, 0.15) is 5.82 Å². The van der Waals surface area contributed by atoms with E-state index in [4.69, 9.17) is 10.5 Å². The van der Waals surface area contributed by atoms with Gasteiger partial charge < -0.3 is 10.5 Å². The monoisotopic (exact) mass is 372 g/mol. The molecule has 0 unspecified atom stereocenters. The molecular formula is C18H20N4O5. The molecular weight excluding hydrogens is 352 g/mol. The van der Waals surface area contributed by atoms with Crippen LogP contribution in [0.5, 0.6) is 0 Å². The highest BCUT2D eigenvalue weighted by Crippen LogP contribution is 2.22. The van der Waals surface area contributed by atoms with Crippen LogP contribution in [0.25, 0.3) is 0 Å². The largest absolute Gasteiger partial charge is 0.466 e. The fraction of sp³-hybridized carbons (Fsp3) is 0.278. The van der Waals surface area contributed by atoms with Crippen LogP contribution in [0.1, 0.15) is 29.3 Å². The van der Waals surface area contributed by atoms with E-state index in [1.165, 1.54) is 29.3 Å². The number of carbonyl (C=O) groups is 2. The maximum Gasteiger partial charge on any atom is 0.307 e. The van der Waals surface area contributed by atoms with E-state index in [1.807, 2.05) is 0 Å². The first-order valence-corrected chi connectivity index (χ1v) is 8.33. The summed E-state index contributed by atoms with van der Waals surface area (Å²) < 4.78 is 4.89. The van der Waals surface area contributed by atoms with Crippen LogP contribution in [-0.2, 0) is 16.1 Å². The lowest BCUT2D eigenvalue weighted by Gasteiger charge is -2.21. The molecule has 0 aliphatic rings. The number of nitrogens with zero attached hydrogens (tertiary/aromatic N) is 3. The quantitative estimate of drug-likeness (QED) is 0.426. The van der Waals surface area contributed by atoms with Crippen molar-refractivity contribution in [2.75, 3.05) is 18.1 Å². The Morgan fingerprint density at radius 3 is 2.67 bits per heavy atom. The molecule has 2 N–H and O–H groups in total. The number of hydrogen-bond donors (Lipinski definition) is 1. The molecule has 0 aliphatic heterocycles. The molecule has 9 heteroatoms. The Kier molecular flexibility index (Phi) is 6.95. The van der Waals surface area contributed by atoms with Gasteiger partial charge in [-0.3, -0.25) is 24.6 Å². The lowest BCUT2D eigenvalue weighted by Crippen LogP contribution is -2.34. The number of nitro groups is 1. The van der Waals surface area contributed by atoms with E-state index in [2.05, 4.69) is 4.98 Å². The van der Waals surface area contributed by atoms with Crippen LogP contribution >= 0.6 is 0 Å². The lowest BCUT2D eigenvalue weighted by molar-refractivity contribution is -0.385. The van der Waals surface area contributed by atoms with Crippen LogP contribution in [0.3, 0.4) is 0 Å². The minimum absolute atomic E-state index is 0.0163. The predicted molar refractivity (Wildman–Crippen MR) is 98.2 cm³/mol. The number of esters is 1. The zero-order valence-electron chi connectivity index (χ0n) is 14.8. The Hall–Kier alpha value is -3.33. The molecule has 1 amide bonds. The van der Waals surface area contributed by atoms with E-state index in [0.717, 1.165) is 0 Å². The summed E-state index contributed by atoms with van der Waals surface area (Å²) in [6, 6.07) is 9.12. The van der Waals surface area contributed by atoms with Crippen molar-refractivity contribution in [1.82, 2.24) is 4.98 Å². The SMILES string of the molecule is CCOC(=O)CCN(C(=O)c1ccc(CN)c([N+](=O)[O-])c1)c1ccccn1. The summed E-state index contributed by atoms with van der Waals surface area (Å²) in [6.07, 6.45) is 1.49. The highest BCUT2D eigenvalue weighted by molar-refractivity contribution is 6.06. The summed E-state index contributed by atoms with van der Waals surface area (Å²) in [5.41, 5.74) is 5.72. The standard InChI is InChI=1S/C18H20N4O5/c1-2-27-17(23)8-10-21(16-5-3-4-9-20-16)18(24)13-6-7-14(12-19)15(11-13)22(25)26/h3-7,9,11H,2,8,10,12,19H2,1H3. The Balaban J connectivity index is 2.34. The third kappa shape index (κ3) is 5.08. The van der Waals surface area contributed by atoms with Crippen LogP contribution in [0, 0.1) is 10.1 Å². The molecule has 1 aromatic heterocycles. The second-order valence-corrected chi connectivity index (χ2v) is 5.50. The van der Waals surface area contributed by atoms with Crippen molar-refractivity contribution in [2.24, 2.45) is 5.73 Å². The Morgan fingerprint density at radius 1 is 1.30 bits per heavy atom. The number of ether oxygens (including phenoxy) is 1. The number of aromatic nitrogens is 1. The summed E-state index contributed by atoms with van der Waals surface area (Å²) in [7, 11) is 0. The van der Waals surface area contributed by atoms with Crippen LogP contribution in [0.15, 0.2) is 42.6 Å². The number of carbonyl (C=O) groups excluding carboxylic acids is 2. The van der Waals surface area contributed by atoms with E-state index < -0.39 is 16.8 Å². The van der Waals surface area contributed by atoms with Crippen LogP contribution in [0.2, 0.25) is 0 Å². The highest BCUT2D eigenvalue weighted by atomic mass is 16.6. The summed E-state index contributed by atoms with van der Waals surface area (Å²) in [5.74, 6) is -0.627. The summed E-state index contributed by atoms with van der Waals surface area (Å²) in [5, 5.41) is 11.2. The van der Waals surface area contributed by atoms with Crippen LogP contribution in [0.4, 0.5) is 11.5 Å². The average molecular weight is 372 g/mol. The van der Waals surface area contributed by atoms with Gasteiger partial charge in [-0.15, -0.1) is 0 Å². The third-order valence-corrected chi connectivity index (χ3v) is 3.76. The van der Waals surface area contributed by atoms with Gasteiger partial charge in [-0.05, 0) is 25.1 Å². The fourth-order valence-corrected chi connectivity index (χ4v) is 2.47. The molecule has 0 aliphatic carbocycles. The molecule has 0 spiro atoms. The second-order valence-electron chi connectivity index (χ2n) is 5.50. The van der Waals surface area contributed by atoms with E-state index in [9.17, 15) is 19.7 Å². The number of nitrogens with two attached hydrogens (primary N) is 1. The van der Waals surface area contributed by atoms with Crippen molar-refractivity contribution in [1.29, 1.82) is 0 Å². The fourth-order valence-electron chi connectivity index (χ4n) is 2.47. The Morgan fingerprint density at radius 2 is 2.07 bits per heavy atom.